The normalized spacial score (nSPS) is 12.4. The fourth-order valence-corrected chi connectivity index (χ4v) is 2.24. The van der Waals surface area contributed by atoms with E-state index in [-0.39, 0.29) is 6.04 Å². The second kappa shape index (κ2) is 5.67. The summed E-state index contributed by atoms with van der Waals surface area (Å²) in [5.41, 5.74) is 5.59. The summed E-state index contributed by atoms with van der Waals surface area (Å²) in [5, 5.41) is 1.24. The molecule has 0 bridgehead atoms. The smallest absolute Gasteiger partial charge is 0.0740 e. The van der Waals surface area contributed by atoms with Gasteiger partial charge in [-0.25, -0.2) is 5.43 Å². The van der Waals surface area contributed by atoms with E-state index in [1.807, 2.05) is 13.0 Å². The Labute approximate surface area is 116 Å². The molecule has 0 aliphatic heterocycles. The predicted molar refractivity (Wildman–Crippen MR) is 74.6 cm³/mol. The summed E-state index contributed by atoms with van der Waals surface area (Å²) in [7, 11) is 0. The molecular weight excluding hydrogens is 269 g/mol. The van der Waals surface area contributed by atoms with Gasteiger partial charge in [0.05, 0.1) is 6.04 Å². The van der Waals surface area contributed by atoms with Gasteiger partial charge in [-0.3, -0.25) is 10.8 Å². The molecule has 5 heteroatoms. The van der Waals surface area contributed by atoms with Gasteiger partial charge in [0.15, 0.2) is 0 Å². The third-order valence-electron chi connectivity index (χ3n) is 2.67. The van der Waals surface area contributed by atoms with Gasteiger partial charge < -0.3 is 0 Å². The van der Waals surface area contributed by atoms with Gasteiger partial charge in [-0.1, -0.05) is 29.3 Å². The van der Waals surface area contributed by atoms with Crippen molar-refractivity contribution in [3.8, 4) is 0 Å². The van der Waals surface area contributed by atoms with Crippen LogP contribution in [-0.2, 0) is 0 Å². The zero-order valence-electron chi connectivity index (χ0n) is 9.82. The summed E-state index contributed by atoms with van der Waals surface area (Å²) >= 11 is 12.2. The highest BCUT2D eigenvalue weighted by Gasteiger charge is 2.16. The number of aromatic nitrogens is 1. The van der Waals surface area contributed by atoms with Crippen LogP contribution in [0.5, 0.6) is 0 Å². The number of benzene rings is 1. The van der Waals surface area contributed by atoms with Gasteiger partial charge in [0, 0.05) is 22.4 Å². The Morgan fingerprint density at radius 1 is 1.22 bits per heavy atom. The highest BCUT2D eigenvalue weighted by atomic mass is 35.5. The van der Waals surface area contributed by atoms with Gasteiger partial charge in [0.25, 0.3) is 0 Å². The van der Waals surface area contributed by atoms with E-state index in [1.54, 1.807) is 30.6 Å². The van der Waals surface area contributed by atoms with Crippen LogP contribution < -0.4 is 11.3 Å². The molecule has 0 saturated heterocycles. The number of nitrogens with one attached hydrogen (secondary N) is 1. The van der Waals surface area contributed by atoms with Crippen LogP contribution in [0.4, 0.5) is 0 Å². The van der Waals surface area contributed by atoms with E-state index in [9.17, 15) is 0 Å². The third-order valence-corrected chi connectivity index (χ3v) is 3.24. The van der Waals surface area contributed by atoms with E-state index < -0.39 is 0 Å². The van der Waals surface area contributed by atoms with Crippen LogP contribution in [0.1, 0.15) is 22.7 Å². The molecule has 3 N–H and O–H groups in total. The van der Waals surface area contributed by atoms with Crippen LogP contribution in [0.25, 0.3) is 0 Å². The summed E-state index contributed by atoms with van der Waals surface area (Å²) in [4.78, 5) is 4.16. The van der Waals surface area contributed by atoms with Crippen molar-refractivity contribution < 1.29 is 0 Å². The van der Waals surface area contributed by atoms with Crippen LogP contribution in [0.15, 0.2) is 36.7 Å². The highest BCUT2D eigenvalue weighted by Crippen LogP contribution is 2.30. The molecule has 0 aliphatic rings. The molecule has 1 heterocycles. The summed E-state index contributed by atoms with van der Waals surface area (Å²) < 4.78 is 0. The third kappa shape index (κ3) is 2.82. The topological polar surface area (TPSA) is 50.9 Å². The number of nitrogens with zero attached hydrogens (tertiary/aromatic N) is 1. The molecule has 1 unspecified atom stereocenters. The fourth-order valence-electron chi connectivity index (χ4n) is 1.84. The molecule has 94 valence electrons. The Bertz CT molecular complexity index is 558. The number of hydrazine groups is 1. The Hall–Kier alpha value is -1.13. The highest BCUT2D eigenvalue weighted by molar-refractivity contribution is 6.33. The second-order valence-electron chi connectivity index (χ2n) is 4.06. The van der Waals surface area contributed by atoms with Crippen molar-refractivity contribution in [3.05, 3.63) is 63.4 Å². The number of rotatable bonds is 3. The van der Waals surface area contributed by atoms with E-state index in [0.717, 1.165) is 16.7 Å². The van der Waals surface area contributed by atoms with E-state index in [4.69, 9.17) is 29.0 Å². The second-order valence-corrected chi connectivity index (χ2v) is 4.90. The summed E-state index contributed by atoms with van der Waals surface area (Å²) in [6.45, 7) is 1.98. The first kappa shape index (κ1) is 13.3. The summed E-state index contributed by atoms with van der Waals surface area (Å²) in [5.74, 6) is 5.63. The number of pyridine rings is 1. The molecule has 0 amide bonds. The molecule has 1 aromatic heterocycles. The SMILES string of the molecule is Cc1cncc(C(NN)c2cc(Cl)ccc2Cl)c1. The van der Waals surface area contributed by atoms with Gasteiger partial charge in [-0.2, -0.15) is 0 Å². The quantitative estimate of drug-likeness (QED) is 0.671. The van der Waals surface area contributed by atoms with Crippen LogP contribution in [-0.4, -0.2) is 4.98 Å². The van der Waals surface area contributed by atoms with Crippen molar-refractivity contribution in [1.29, 1.82) is 0 Å². The Kier molecular flexibility index (Phi) is 4.19. The molecular formula is C13H13Cl2N3. The van der Waals surface area contributed by atoms with E-state index in [1.165, 1.54) is 0 Å². The zero-order chi connectivity index (χ0) is 13.1. The van der Waals surface area contributed by atoms with E-state index in [2.05, 4.69) is 10.4 Å². The number of halogens is 2. The van der Waals surface area contributed by atoms with Crippen molar-refractivity contribution in [2.24, 2.45) is 5.84 Å². The van der Waals surface area contributed by atoms with Gasteiger partial charge >= 0.3 is 0 Å². The van der Waals surface area contributed by atoms with Crippen molar-refractivity contribution in [2.75, 3.05) is 0 Å². The van der Waals surface area contributed by atoms with Gasteiger partial charge in [-0.15, -0.1) is 0 Å². The molecule has 0 fully saturated rings. The molecule has 0 saturated carbocycles. The molecule has 0 spiro atoms. The van der Waals surface area contributed by atoms with Crippen molar-refractivity contribution >= 4 is 23.2 Å². The maximum atomic E-state index is 6.18. The van der Waals surface area contributed by atoms with Gasteiger partial charge in [0.1, 0.15) is 0 Å². The lowest BCUT2D eigenvalue weighted by Crippen LogP contribution is -2.29. The minimum Gasteiger partial charge on any atom is -0.271 e. The Morgan fingerprint density at radius 3 is 2.67 bits per heavy atom. The maximum Gasteiger partial charge on any atom is 0.0740 e. The zero-order valence-corrected chi connectivity index (χ0v) is 11.3. The van der Waals surface area contributed by atoms with Gasteiger partial charge in [0.2, 0.25) is 0 Å². The Morgan fingerprint density at radius 2 is 2.00 bits per heavy atom. The van der Waals surface area contributed by atoms with E-state index >= 15 is 0 Å². The number of aryl methyl sites for hydroxylation is 1. The van der Waals surface area contributed by atoms with Crippen LogP contribution >= 0.6 is 23.2 Å². The van der Waals surface area contributed by atoms with E-state index in [0.29, 0.717) is 10.0 Å². The van der Waals surface area contributed by atoms with Crippen molar-refractivity contribution in [2.45, 2.75) is 13.0 Å². The van der Waals surface area contributed by atoms with Crippen molar-refractivity contribution in [1.82, 2.24) is 10.4 Å². The Balaban J connectivity index is 2.48. The molecule has 2 rings (SSSR count). The largest absolute Gasteiger partial charge is 0.271 e. The standard InChI is InChI=1S/C13H13Cl2N3/c1-8-4-9(7-17-6-8)13(18-16)11-5-10(14)2-3-12(11)15/h2-7,13,18H,16H2,1H3. The minimum absolute atomic E-state index is 0.233. The maximum absolute atomic E-state index is 6.18. The molecule has 0 radical (unpaired) electrons. The molecule has 1 atom stereocenters. The summed E-state index contributed by atoms with van der Waals surface area (Å²) in [6.07, 6.45) is 3.55. The molecule has 2 aromatic rings. The predicted octanol–water partition coefficient (Wildman–Crippen LogP) is 3.25. The van der Waals surface area contributed by atoms with Gasteiger partial charge in [-0.05, 0) is 41.8 Å². The minimum atomic E-state index is -0.233. The molecule has 1 aromatic carbocycles. The van der Waals surface area contributed by atoms with Crippen LogP contribution in [0, 0.1) is 6.92 Å². The first-order valence-electron chi connectivity index (χ1n) is 5.44. The van der Waals surface area contributed by atoms with Crippen LogP contribution in [0.3, 0.4) is 0 Å². The summed E-state index contributed by atoms with van der Waals surface area (Å²) in [6, 6.07) is 7.08. The van der Waals surface area contributed by atoms with Crippen molar-refractivity contribution in [3.63, 3.8) is 0 Å². The first-order chi connectivity index (χ1) is 8.61. The lowest BCUT2D eigenvalue weighted by molar-refractivity contribution is 0.634. The number of hydrogen-bond donors (Lipinski definition) is 2. The molecule has 3 nitrogen and oxygen atoms in total. The first-order valence-corrected chi connectivity index (χ1v) is 6.20. The number of hydrogen-bond acceptors (Lipinski definition) is 3. The average Bonchev–Trinajstić information content (AvgIpc) is 2.35. The molecule has 0 aliphatic carbocycles. The monoisotopic (exact) mass is 281 g/mol. The molecule has 18 heavy (non-hydrogen) atoms. The average molecular weight is 282 g/mol. The van der Waals surface area contributed by atoms with Crippen LogP contribution in [0.2, 0.25) is 10.0 Å². The lowest BCUT2D eigenvalue weighted by Gasteiger charge is -2.18. The fraction of sp³-hybridized carbons (Fsp3) is 0.154. The lowest BCUT2D eigenvalue weighted by atomic mass is 10.00. The number of nitrogens with two attached hydrogens (primary N) is 1.